The number of ether oxygens (including phenoxy) is 1. The van der Waals surface area contributed by atoms with E-state index in [2.05, 4.69) is 16.3 Å². The van der Waals surface area contributed by atoms with E-state index in [4.69, 9.17) is 4.74 Å². The number of anilines is 1. The van der Waals surface area contributed by atoms with Crippen LogP contribution in [0.2, 0.25) is 0 Å². The Morgan fingerprint density at radius 3 is 2.11 bits per heavy atom. The van der Waals surface area contributed by atoms with Crippen molar-refractivity contribution in [2.45, 2.75) is 12.8 Å². The van der Waals surface area contributed by atoms with Crippen molar-refractivity contribution in [1.82, 2.24) is 4.90 Å². The molecule has 1 heterocycles. The topological polar surface area (TPSA) is 113 Å². The molecule has 3 aromatic rings. The van der Waals surface area contributed by atoms with Gasteiger partial charge in [0.25, 0.3) is 0 Å². The smallest absolute Gasteiger partial charge is 0.478 e. The zero-order valence-electron chi connectivity index (χ0n) is 20.5. The van der Waals surface area contributed by atoms with Crippen LogP contribution in [0.4, 0.5) is 14.4 Å². The number of piperazine rings is 1. The second-order valence-electron chi connectivity index (χ2n) is 9.18. The van der Waals surface area contributed by atoms with E-state index in [0.29, 0.717) is 31.9 Å². The molecular formula is C27H25FN2O7S. The molecule has 1 aliphatic carbocycles. The van der Waals surface area contributed by atoms with Crippen molar-refractivity contribution in [3.05, 3.63) is 82.9 Å². The van der Waals surface area contributed by atoms with Crippen LogP contribution in [0.15, 0.2) is 60.7 Å². The Bertz CT molecular complexity index is 1470. The van der Waals surface area contributed by atoms with Crippen LogP contribution in [-0.4, -0.2) is 63.3 Å². The molecule has 9 nitrogen and oxygen atoms in total. The van der Waals surface area contributed by atoms with Crippen LogP contribution >= 0.6 is 0 Å². The van der Waals surface area contributed by atoms with Crippen molar-refractivity contribution in [3.63, 3.8) is 0 Å². The van der Waals surface area contributed by atoms with E-state index >= 15 is 0 Å². The van der Waals surface area contributed by atoms with Gasteiger partial charge in [-0.05, 0) is 41.3 Å². The number of carboxylic acids is 1. The second kappa shape index (κ2) is 9.97. The lowest BCUT2D eigenvalue weighted by Crippen LogP contribution is -2.49. The number of nitrogens with zero attached hydrogens (tertiary/aromatic N) is 2. The number of fused-ring (bicyclic) bond motifs is 3. The van der Waals surface area contributed by atoms with Gasteiger partial charge in [0.15, 0.2) is 5.75 Å². The molecule has 1 saturated heterocycles. The molecule has 0 radical (unpaired) electrons. The Morgan fingerprint density at radius 2 is 1.55 bits per heavy atom. The standard InChI is InChI=1S/C27H25FN2O7S/c1-17-24(14-18(26(31)32)15-25(17)37-38(28,34)35)29-10-12-30(13-11-29)27(33)36-16-23-21-8-4-2-6-19(21)20-7-3-5-9-22(20)23/h2-9,14-15,23H,10-13,16H2,1H3,(H,31,32). The van der Waals surface area contributed by atoms with Crippen molar-refractivity contribution in [3.8, 4) is 16.9 Å². The highest BCUT2D eigenvalue weighted by Crippen LogP contribution is 2.44. The average Bonchev–Trinajstić information content (AvgIpc) is 3.21. The molecule has 0 unspecified atom stereocenters. The minimum Gasteiger partial charge on any atom is -0.478 e. The summed E-state index contributed by atoms with van der Waals surface area (Å²) in [5, 5.41) is 9.42. The maximum atomic E-state index is 13.2. The Morgan fingerprint density at radius 1 is 0.974 bits per heavy atom. The number of hydrogen-bond acceptors (Lipinski definition) is 7. The molecule has 1 N–H and O–H groups in total. The Labute approximate surface area is 219 Å². The van der Waals surface area contributed by atoms with Gasteiger partial charge in [-0.3, -0.25) is 0 Å². The normalized spacial score (nSPS) is 15.1. The summed E-state index contributed by atoms with van der Waals surface area (Å²) in [5.41, 5.74) is 4.92. The van der Waals surface area contributed by atoms with Gasteiger partial charge >= 0.3 is 22.6 Å². The number of halogens is 1. The summed E-state index contributed by atoms with van der Waals surface area (Å²) in [7, 11) is -5.34. The minimum absolute atomic E-state index is 0.0562. The van der Waals surface area contributed by atoms with Gasteiger partial charge in [0.2, 0.25) is 0 Å². The summed E-state index contributed by atoms with van der Waals surface area (Å²) >= 11 is 0. The third kappa shape index (κ3) is 5.01. The molecule has 11 heteroatoms. The average molecular weight is 541 g/mol. The first-order valence-electron chi connectivity index (χ1n) is 12.0. The molecular weight excluding hydrogens is 515 g/mol. The van der Waals surface area contributed by atoms with Gasteiger partial charge in [-0.1, -0.05) is 52.4 Å². The van der Waals surface area contributed by atoms with Crippen molar-refractivity contribution in [2.24, 2.45) is 0 Å². The van der Waals surface area contributed by atoms with Crippen LogP contribution in [0.3, 0.4) is 0 Å². The van der Waals surface area contributed by atoms with Gasteiger partial charge in [0.05, 0.1) is 5.56 Å². The van der Waals surface area contributed by atoms with E-state index in [1.54, 1.807) is 9.80 Å². The number of carbonyl (C=O) groups is 2. The number of hydrogen-bond donors (Lipinski definition) is 1. The largest absolute Gasteiger partial charge is 0.488 e. The summed E-state index contributed by atoms with van der Waals surface area (Å²) in [6.07, 6.45) is -0.449. The number of amides is 1. The number of benzene rings is 3. The molecule has 5 rings (SSSR count). The number of aromatic carboxylic acids is 1. The van der Waals surface area contributed by atoms with Crippen LogP contribution in [0.1, 0.15) is 33.0 Å². The highest BCUT2D eigenvalue weighted by atomic mass is 32.3. The highest BCUT2D eigenvalue weighted by Gasteiger charge is 2.31. The summed E-state index contributed by atoms with van der Waals surface area (Å²) in [4.78, 5) is 27.8. The van der Waals surface area contributed by atoms with E-state index in [9.17, 15) is 27.0 Å². The van der Waals surface area contributed by atoms with Crippen molar-refractivity contribution in [1.29, 1.82) is 0 Å². The maximum absolute atomic E-state index is 13.2. The van der Waals surface area contributed by atoms with Crippen LogP contribution in [0.5, 0.6) is 5.75 Å². The van der Waals surface area contributed by atoms with E-state index in [-0.39, 0.29) is 23.7 Å². The third-order valence-electron chi connectivity index (χ3n) is 6.98. The molecule has 198 valence electrons. The predicted octanol–water partition coefficient (Wildman–Crippen LogP) is 4.36. The zero-order valence-corrected chi connectivity index (χ0v) is 21.3. The lowest BCUT2D eigenvalue weighted by atomic mass is 9.98. The van der Waals surface area contributed by atoms with E-state index in [1.165, 1.54) is 13.0 Å². The lowest BCUT2D eigenvalue weighted by Gasteiger charge is -2.36. The molecule has 38 heavy (non-hydrogen) atoms. The van der Waals surface area contributed by atoms with Gasteiger partial charge in [-0.25, -0.2) is 9.59 Å². The van der Waals surface area contributed by atoms with Crippen LogP contribution in [-0.2, 0) is 15.2 Å². The van der Waals surface area contributed by atoms with Gasteiger partial charge < -0.3 is 23.8 Å². The highest BCUT2D eigenvalue weighted by molar-refractivity contribution is 7.81. The number of carboxylic acid groups (broad SMARTS) is 1. The fourth-order valence-corrected chi connectivity index (χ4v) is 5.52. The maximum Gasteiger partial charge on any atom is 0.488 e. The molecule has 2 aliphatic rings. The Kier molecular flexibility index (Phi) is 6.70. The number of rotatable bonds is 6. The summed E-state index contributed by atoms with van der Waals surface area (Å²) < 4.78 is 45.3. The molecule has 0 bridgehead atoms. The predicted molar refractivity (Wildman–Crippen MR) is 138 cm³/mol. The number of carbonyl (C=O) groups excluding carboxylic acids is 1. The quantitative estimate of drug-likeness (QED) is 0.459. The molecule has 1 fully saturated rings. The third-order valence-corrected chi connectivity index (χ3v) is 7.36. The lowest BCUT2D eigenvalue weighted by molar-refractivity contribution is 0.0696. The minimum atomic E-state index is -5.34. The van der Waals surface area contributed by atoms with Crippen molar-refractivity contribution in [2.75, 3.05) is 37.7 Å². The van der Waals surface area contributed by atoms with Crippen LogP contribution in [0, 0.1) is 6.92 Å². The van der Waals surface area contributed by atoms with E-state index < -0.39 is 28.3 Å². The van der Waals surface area contributed by atoms with E-state index in [1.807, 2.05) is 36.4 Å². The van der Waals surface area contributed by atoms with E-state index in [0.717, 1.165) is 28.3 Å². The molecule has 1 amide bonds. The van der Waals surface area contributed by atoms with Gasteiger partial charge in [-0.2, -0.15) is 8.42 Å². The first-order chi connectivity index (χ1) is 18.1. The van der Waals surface area contributed by atoms with Crippen LogP contribution in [0.25, 0.3) is 11.1 Å². The Balaban J connectivity index is 1.26. The SMILES string of the molecule is Cc1c(OS(=O)(=O)F)cc(C(=O)O)cc1N1CCN(C(=O)OCC2c3ccccc3-c3ccccc32)CC1. The fourth-order valence-electron chi connectivity index (χ4n) is 5.13. The first-order valence-corrected chi connectivity index (χ1v) is 13.3. The Hall–Kier alpha value is -4.12. The molecule has 0 aromatic heterocycles. The van der Waals surface area contributed by atoms with Gasteiger partial charge in [-0.15, -0.1) is 0 Å². The molecule has 0 saturated carbocycles. The van der Waals surface area contributed by atoms with Crippen molar-refractivity contribution >= 4 is 28.3 Å². The van der Waals surface area contributed by atoms with Crippen molar-refractivity contribution < 1.29 is 35.9 Å². The van der Waals surface area contributed by atoms with Gasteiger partial charge in [0.1, 0.15) is 6.61 Å². The summed E-state index contributed by atoms with van der Waals surface area (Å²) in [6, 6.07) is 18.5. The zero-order chi connectivity index (χ0) is 27.0. The summed E-state index contributed by atoms with van der Waals surface area (Å²) in [5.74, 6) is -1.77. The monoisotopic (exact) mass is 540 g/mol. The fraction of sp³-hybridized carbons (Fsp3) is 0.259. The molecule has 0 spiro atoms. The van der Waals surface area contributed by atoms with Crippen LogP contribution < -0.4 is 9.08 Å². The molecule has 1 aliphatic heterocycles. The summed E-state index contributed by atoms with van der Waals surface area (Å²) in [6.45, 7) is 2.96. The molecule has 0 atom stereocenters. The molecule has 3 aromatic carbocycles. The second-order valence-corrected chi connectivity index (χ2v) is 10.1. The first kappa shape index (κ1) is 25.5. The van der Waals surface area contributed by atoms with Gasteiger partial charge in [0, 0.05) is 43.3 Å².